The van der Waals surface area contributed by atoms with Crippen LogP contribution in [0.3, 0.4) is 0 Å². The lowest BCUT2D eigenvalue weighted by atomic mass is 9.96. The van der Waals surface area contributed by atoms with Gasteiger partial charge in [-0.25, -0.2) is 4.79 Å². The van der Waals surface area contributed by atoms with Gasteiger partial charge in [0.1, 0.15) is 0 Å². The van der Waals surface area contributed by atoms with Crippen molar-refractivity contribution < 1.29 is 14.6 Å². The van der Waals surface area contributed by atoms with Gasteiger partial charge in [0.25, 0.3) is 0 Å². The Morgan fingerprint density at radius 1 is 1.30 bits per heavy atom. The van der Waals surface area contributed by atoms with E-state index in [2.05, 4.69) is 13.8 Å². The number of unbranched alkanes of at least 4 members (excludes halogenated alkanes) is 1. The number of carbonyl (C=O) groups is 1. The molecule has 0 aliphatic carbocycles. The minimum absolute atomic E-state index is 0.380. The molecule has 0 saturated carbocycles. The molecule has 1 aromatic carbocycles. The van der Waals surface area contributed by atoms with Crippen LogP contribution in [0.25, 0.3) is 0 Å². The molecule has 0 aromatic heterocycles. The zero-order valence-electron chi connectivity index (χ0n) is 12.8. The van der Waals surface area contributed by atoms with Gasteiger partial charge >= 0.3 is 5.97 Å². The van der Waals surface area contributed by atoms with Crippen molar-refractivity contribution in [2.24, 2.45) is 5.92 Å². The number of benzene rings is 1. The van der Waals surface area contributed by atoms with Crippen LogP contribution >= 0.6 is 0 Å². The molecule has 2 atom stereocenters. The van der Waals surface area contributed by atoms with Crippen LogP contribution in [0.5, 0.6) is 0 Å². The van der Waals surface area contributed by atoms with Crippen LogP contribution in [-0.4, -0.2) is 17.7 Å². The molecular weight excluding hydrogens is 252 g/mol. The summed E-state index contributed by atoms with van der Waals surface area (Å²) in [6, 6.07) is 8.91. The van der Waals surface area contributed by atoms with Gasteiger partial charge in [0.2, 0.25) is 0 Å². The van der Waals surface area contributed by atoms with Gasteiger partial charge in [0, 0.05) is 0 Å². The standard InChI is InChI=1S/C17H26O3/c1-4-6-10-14(5-2)13-20-16(18)17(3,19)15-11-8-7-9-12-15/h7-9,11-12,14,19H,4-6,10,13H2,1-3H3. The molecule has 3 nitrogen and oxygen atoms in total. The van der Waals surface area contributed by atoms with Gasteiger partial charge in [0.15, 0.2) is 5.60 Å². The van der Waals surface area contributed by atoms with E-state index in [1.807, 2.05) is 6.07 Å². The number of aliphatic hydroxyl groups is 1. The third-order valence-electron chi connectivity index (χ3n) is 3.73. The maximum Gasteiger partial charge on any atom is 0.342 e. The van der Waals surface area contributed by atoms with E-state index < -0.39 is 11.6 Å². The average molecular weight is 278 g/mol. The van der Waals surface area contributed by atoms with Gasteiger partial charge in [-0.15, -0.1) is 0 Å². The average Bonchev–Trinajstić information content (AvgIpc) is 2.48. The maximum atomic E-state index is 12.1. The SMILES string of the molecule is CCCCC(CC)COC(=O)C(C)(O)c1ccccc1. The highest BCUT2D eigenvalue weighted by molar-refractivity contribution is 5.80. The molecule has 0 aliphatic rings. The van der Waals surface area contributed by atoms with Crippen molar-refractivity contribution in [2.45, 2.75) is 52.1 Å². The van der Waals surface area contributed by atoms with E-state index in [9.17, 15) is 9.90 Å². The van der Waals surface area contributed by atoms with Crippen LogP contribution in [0, 0.1) is 5.92 Å². The minimum Gasteiger partial charge on any atom is -0.463 e. The normalized spacial score (nSPS) is 15.4. The summed E-state index contributed by atoms with van der Waals surface area (Å²) in [5, 5.41) is 10.3. The number of carbonyl (C=O) groups excluding carboxylic acids is 1. The molecule has 20 heavy (non-hydrogen) atoms. The van der Waals surface area contributed by atoms with E-state index >= 15 is 0 Å². The van der Waals surface area contributed by atoms with Crippen LogP contribution in [0.15, 0.2) is 30.3 Å². The monoisotopic (exact) mass is 278 g/mol. The second-order valence-electron chi connectivity index (χ2n) is 5.45. The second kappa shape index (κ2) is 8.05. The van der Waals surface area contributed by atoms with Gasteiger partial charge in [-0.1, -0.05) is 63.4 Å². The van der Waals surface area contributed by atoms with E-state index in [1.54, 1.807) is 24.3 Å². The highest BCUT2D eigenvalue weighted by atomic mass is 16.5. The van der Waals surface area contributed by atoms with Gasteiger partial charge in [0.05, 0.1) is 6.61 Å². The zero-order valence-corrected chi connectivity index (χ0v) is 12.8. The van der Waals surface area contributed by atoms with E-state index in [0.29, 0.717) is 18.1 Å². The first-order valence-corrected chi connectivity index (χ1v) is 7.47. The molecule has 0 amide bonds. The molecule has 112 valence electrons. The Balaban J connectivity index is 2.57. The summed E-state index contributed by atoms with van der Waals surface area (Å²) in [5.74, 6) is -0.191. The van der Waals surface area contributed by atoms with E-state index in [1.165, 1.54) is 6.92 Å². The molecule has 0 saturated heterocycles. The van der Waals surface area contributed by atoms with E-state index in [4.69, 9.17) is 4.74 Å². The van der Waals surface area contributed by atoms with Crippen molar-refractivity contribution in [3.05, 3.63) is 35.9 Å². The fourth-order valence-corrected chi connectivity index (χ4v) is 2.11. The predicted octanol–water partition coefficient (Wildman–Crippen LogP) is 3.65. The Morgan fingerprint density at radius 3 is 2.50 bits per heavy atom. The molecule has 0 bridgehead atoms. The Hall–Kier alpha value is -1.35. The molecule has 0 fully saturated rings. The van der Waals surface area contributed by atoms with Crippen LogP contribution in [-0.2, 0) is 15.1 Å². The number of rotatable bonds is 8. The minimum atomic E-state index is -1.58. The van der Waals surface area contributed by atoms with Crippen molar-refractivity contribution in [1.29, 1.82) is 0 Å². The third kappa shape index (κ3) is 4.64. The smallest absolute Gasteiger partial charge is 0.342 e. The summed E-state index contributed by atoms with van der Waals surface area (Å²) in [5.41, 5.74) is -1.02. The Bertz CT molecular complexity index is 398. The van der Waals surface area contributed by atoms with Crippen LogP contribution < -0.4 is 0 Å². The Morgan fingerprint density at radius 2 is 1.95 bits per heavy atom. The van der Waals surface area contributed by atoms with Crippen molar-refractivity contribution in [3.8, 4) is 0 Å². The summed E-state index contributed by atoms with van der Waals surface area (Å²) < 4.78 is 5.32. The second-order valence-corrected chi connectivity index (χ2v) is 5.45. The summed E-state index contributed by atoms with van der Waals surface area (Å²) in [6.07, 6.45) is 4.34. The van der Waals surface area contributed by atoms with Crippen molar-refractivity contribution >= 4 is 5.97 Å². The van der Waals surface area contributed by atoms with Crippen LogP contribution in [0.1, 0.15) is 52.0 Å². The van der Waals surface area contributed by atoms with Gasteiger partial charge in [-0.3, -0.25) is 0 Å². The van der Waals surface area contributed by atoms with Crippen molar-refractivity contribution in [2.75, 3.05) is 6.61 Å². The number of hydrogen-bond acceptors (Lipinski definition) is 3. The molecule has 1 N–H and O–H groups in total. The third-order valence-corrected chi connectivity index (χ3v) is 3.73. The highest BCUT2D eigenvalue weighted by Gasteiger charge is 2.34. The fraction of sp³-hybridized carbons (Fsp3) is 0.588. The molecular formula is C17H26O3. The predicted molar refractivity (Wildman–Crippen MR) is 80.3 cm³/mol. The lowest BCUT2D eigenvalue weighted by Gasteiger charge is -2.23. The molecule has 0 spiro atoms. The fourth-order valence-electron chi connectivity index (χ4n) is 2.11. The first kappa shape index (κ1) is 16.7. The number of esters is 1. The van der Waals surface area contributed by atoms with E-state index in [0.717, 1.165) is 25.7 Å². The summed E-state index contributed by atoms with van der Waals surface area (Å²) in [7, 11) is 0. The van der Waals surface area contributed by atoms with Crippen molar-refractivity contribution in [3.63, 3.8) is 0 Å². The Labute approximate surface area is 122 Å². The molecule has 0 aliphatic heterocycles. The largest absolute Gasteiger partial charge is 0.463 e. The van der Waals surface area contributed by atoms with Crippen LogP contribution in [0.2, 0.25) is 0 Å². The van der Waals surface area contributed by atoms with Crippen molar-refractivity contribution in [1.82, 2.24) is 0 Å². The summed E-state index contributed by atoms with van der Waals surface area (Å²) in [4.78, 5) is 12.1. The lowest BCUT2D eigenvalue weighted by Crippen LogP contribution is -2.35. The molecule has 1 rings (SSSR count). The summed E-state index contributed by atoms with van der Waals surface area (Å²) in [6.45, 7) is 6.12. The first-order valence-electron chi connectivity index (χ1n) is 7.47. The van der Waals surface area contributed by atoms with Crippen LogP contribution in [0.4, 0.5) is 0 Å². The molecule has 0 radical (unpaired) electrons. The molecule has 1 aromatic rings. The van der Waals surface area contributed by atoms with Gasteiger partial charge in [-0.2, -0.15) is 0 Å². The number of hydrogen-bond donors (Lipinski definition) is 1. The number of ether oxygens (including phenoxy) is 1. The first-order chi connectivity index (χ1) is 9.52. The van der Waals surface area contributed by atoms with E-state index in [-0.39, 0.29) is 0 Å². The molecule has 0 heterocycles. The van der Waals surface area contributed by atoms with Gasteiger partial charge in [-0.05, 0) is 24.8 Å². The zero-order chi connectivity index (χ0) is 15.0. The Kier molecular flexibility index (Phi) is 6.73. The maximum absolute atomic E-state index is 12.1. The molecule has 2 unspecified atom stereocenters. The lowest BCUT2D eigenvalue weighted by molar-refractivity contribution is -0.166. The quantitative estimate of drug-likeness (QED) is 0.738. The molecule has 3 heteroatoms. The summed E-state index contributed by atoms with van der Waals surface area (Å²) >= 11 is 0. The highest BCUT2D eigenvalue weighted by Crippen LogP contribution is 2.23. The topological polar surface area (TPSA) is 46.5 Å². The van der Waals surface area contributed by atoms with Gasteiger partial charge < -0.3 is 9.84 Å².